The van der Waals surface area contributed by atoms with Crippen molar-refractivity contribution < 1.29 is 13.7 Å². The van der Waals surface area contributed by atoms with Crippen LogP contribution < -0.4 is 0 Å². The van der Waals surface area contributed by atoms with Gasteiger partial charge < -0.3 is 5.11 Å². The molecule has 1 aromatic rings. The Labute approximate surface area is 85.2 Å². The Bertz CT molecular complexity index is 328. The molecule has 0 fully saturated rings. The molecule has 0 unspecified atom stereocenters. The van der Waals surface area contributed by atoms with E-state index >= 15 is 0 Å². The third-order valence-corrected chi connectivity index (χ3v) is 3.66. The van der Waals surface area contributed by atoms with Crippen LogP contribution in [0.3, 0.4) is 0 Å². The van der Waals surface area contributed by atoms with Crippen LogP contribution in [0, 0.1) is 5.82 Å². The first-order valence-corrected chi connectivity index (χ1v) is 5.77. The molecule has 1 N–H and O–H groups in total. The number of aliphatic hydroxyl groups excluding tert-OH is 1. The minimum Gasteiger partial charge on any atom is -0.395 e. The van der Waals surface area contributed by atoms with E-state index in [2.05, 4.69) is 0 Å². The van der Waals surface area contributed by atoms with Crippen molar-refractivity contribution in [3.63, 3.8) is 0 Å². The van der Waals surface area contributed by atoms with Crippen LogP contribution in [-0.4, -0.2) is 21.7 Å². The number of hydrogen-bond donors (Lipinski definition) is 1. The zero-order valence-electron chi connectivity index (χ0n) is 7.94. The van der Waals surface area contributed by atoms with Crippen molar-refractivity contribution >= 4 is 10.8 Å². The normalized spacial score (nSPS) is 15.1. The van der Waals surface area contributed by atoms with E-state index in [0.717, 1.165) is 0 Å². The number of hydrogen-bond acceptors (Lipinski definition) is 2. The summed E-state index contributed by atoms with van der Waals surface area (Å²) in [6, 6.07) is 6.28. The molecule has 0 spiro atoms. The van der Waals surface area contributed by atoms with Crippen LogP contribution >= 0.6 is 0 Å². The van der Waals surface area contributed by atoms with Crippen molar-refractivity contribution in [1.82, 2.24) is 0 Å². The first-order chi connectivity index (χ1) is 6.66. The summed E-state index contributed by atoms with van der Waals surface area (Å²) in [5, 5.41) is 8.24. The summed E-state index contributed by atoms with van der Waals surface area (Å²) < 4.78 is 24.7. The SMILES string of the molecule is C[C@@H](c1ccccc1F)[S@](=O)CCO. The maximum absolute atomic E-state index is 13.2. The summed E-state index contributed by atoms with van der Waals surface area (Å²) in [4.78, 5) is 0. The predicted octanol–water partition coefficient (Wildman–Crippen LogP) is 1.63. The van der Waals surface area contributed by atoms with Crippen LogP contribution in [0.2, 0.25) is 0 Å². The third kappa shape index (κ3) is 2.62. The summed E-state index contributed by atoms with van der Waals surface area (Å²) in [5.74, 6) is -0.151. The Morgan fingerprint density at radius 3 is 2.71 bits per heavy atom. The lowest BCUT2D eigenvalue weighted by molar-refractivity contribution is 0.321. The molecule has 0 aliphatic carbocycles. The summed E-state index contributed by atoms with van der Waals surface area (Å²) in [6.45, 7) is 1.57. The maximum Gasteiger partial charge on any atom is 0.127 e. The minimum atomic E-state index is -1.22. The lowest BCUT2D eigenvalue weighted by Crippen LogP contribution is -2.10. The summed E-state index contributed by atoms with van der Waals surface area (Å²) in [5.41, 5.74) is 0.444. The van der Waals surface area contributed by atoms with Gasteiger partial charge in [0.2, 0.25) is 0 Å². The Balaban J connectivity index is 2.84. The maximum atomic E-state index is 13.2. The zero-order chi connectivity index (χ0) is 10.6. The van der Waals surface area contributed by atoms with Crippen molar-refractivity contribution in [1.29, 1.82) is 0 Å². The van der Waals surface area contributed by atoms with E-state index in [0.29, 0.717) is 5.56 Å². The largest absolute Gasteiger partial charge is 0.395 e. The Hall–Kier alpha value is -0.740. The van der Waals surface area contributed by atoms with E-state index in [1.807, 2.05) is 0 Å². The van der Waals surface area contributed by atoms with Gasteiger partial charge >= 0.3 is 0 Å². The van der Waals surface area contributed by atoms with Crippen LogP contribution in [0.1, 0.15) is 17.7 Å². The molecule has 4 heteroatoms. The van der Waals surface area contributed by atoms with Crippen LogP contribution in [0.4, 0.5) is 4.39 Å². The van der Waals surface area contributed by atoms with E-state index in [4.69, 9.17) is 5.11 Å². The zero-order valence-corrected chi connectivity index (χ0v) is 8.76. The average molecular weight is 216 g/mol. The summed E-state index contributed by atoms with van der Waals surface area (Å²) in [7, 11) is -1.22. The van der Waals surface area contributed by atoms with Gasteiger partial charge in [0.25, 0.3) is 0 Å². The Kier molecular flexibility index (Phi) is 4.22. The highest BCUT2D eigenvalue weighted by atomic mass is 32.2. The van der Waals surface area contributed by atoms with E-state index in [-0.39, 0.29) is 23.4 Å². The molecule has 0 aliphatic rings. The fraction of sp³-hybridized carbons (Fsp3) is 0.400. The number of rotatable bonds is 4. The molecule has 0 heterocycles. The predicted molar refractivity (Wildman–Crippen MR) is 54.9 cm³/mol. The van der Waals surface area contributed by atoms with Gasteiger partial charge in [0, 0.05) is 22.1 Å². The quantitative estimate of drug-likeness (QED) is 0.830. The Morgan fingerprint density at radius 2 is 2.14 bits per heavy atom. The number of benzene rings is 1. The summed E-state index contributed by atoms with van der Waals surface area (Å²) in [6.07, 6.45) is 0. The molecular formula is C10H13FO2S. The molecule has 2 atom stereocenters. The van der Waals surface area contributed by atoms with E-state index in [9.17, 15) is 8.60 Å². The fourth-order valence-electron chi connectivity index (χ4n) is 1.21. The first kappa shape index (κ1) is 11.3. The second kappa shape index (κ2) is 5.22. The molecule has 78 valence electrons. The van der Waals surface area contributed by atoms with E-state index in [1.165, 1.54) is 6.07 Å². The van der Waals surface area contributed by atoms with Crippen molar-refractivity contribution in [2.45, 2.75) is 12.2 Å². The lowest BCUT2D eigenvalue weighted by atomic mass is 10.1. The van der Waals surface area contributed by atoms with Gasteiger partial charge in [-0.1, -0.05) is 18.2 Å². The number of halogens is 1. The van der Waals surface area contributed by atoms with Crippen LogP contribution in [0.25, 0.3) is 0 Å². The van der Waals surface area contributed by atoms with E-state index in [1.54, 1.807) is 25.1 Å². The molecule has 2 nitrogen and oxygen atoms in total. The van der Waals surface area contributed by atoms with Gasteiger partial charge in [-0.25, -0.2) is 4.39 Å². The Morgan fingerprint density at radius 1 is 1.50 bits per heavy atom. The second-order valence-electron chi connectivity index (χ2n) is 2.97. The van der Waals surface area contributed by atoms with Gasteiger partial charge in [-0.05, 0) is 13.0 Å². The first-order valence-electron chi connectivity index (χ1n) is 4.39. The van der Waals surface area contributed by atoms with Gasteiger partial charge in [-0.15, -0.1) is 0 Å². The molecule has 1 rings (SSSR count). The second-order valence-corrected chi connectivity index (χ2v) is 4.85. The molecule has 0 aliphatic heterocycles. The molecule has 0 saturated carbocycles. The fourth-order valence-corrected chi connectivity index (χ4v) is 2.22. The van der Waals surface area contributed by atoms with Gasteiger partial charge in [-0.2, -0.15) is 0 Å². The van der Waals surface area contributed by atoms with Gasteiger partial charge in [0.1, 0.15) is 5.82 Å². The molecule has 0 saturated heterocycles. The summed E-state index contributed by atoms with van der Waals surface area (Å²) >= 11 is 0. The molecule has 0 bridgehead atoms. The highest BCUT2D eigenvalue weighted by molar-refractivity contribution is 7.85. The van der Waals surface area contributed by atoms with Crippen molar-refractivity contribution in [2.75, 3.05) is 12.4 Å². The van der Waals surface area contributed by atoms with Crippen LogP contribution in [-0.2, 0) is 10.8 Å². The molecule has 0 aromatic heterocycles. The van der Waals surface area contributed by atoms with Crippen LogP contribution in [0.5, 0.6) is 0 Å². The highest BCUT2D eigenvalue weighted by Crippen LogP contribution is 2.21. The van der Waals surface area contributed by atoms with Crippen molar-refractivity contribution in [2.24, 2.45) is 0 Å². The lowest BCUT2D eigenvalue weighted by Gasteiger charge is -2.11. The standard InChI is InChI=1S/C10H13FO2S/c1-8(14(13)7-6-12)9-4-2-3-5-10(9)11/h2-5,8,12H,6-7H2,1H3/t8-,14+/m0/s1. The molecule has 0 radical (unpaired) electrons. The van der Waals surface area contributed by atoms with Gasteiger partial charge in [0.15, 0.2) is 0 Å². The molecule has 14 heavy (non-hydrogen) atoms. The monoisotopic (exact) mass is 216 g/mol. The topological polar surface area (TPSA) is 37.3 Å². The molecule has 1 aromatic carbocycles. The van der Waals surface area contributed by atoms with Crippen molar-refractivity contribution in [3.8, 4) is 0 Å². The van der Waals surface area contributed by atoms with Crippen molar-refractivity contribution in [3.05, 3.63) is 35.6 Å². The number of aliphatic hydroxyl groups is 1. The van der Waals surface area contributed by atoms with Gasteiger partial charge in [0.05, 0.1) is 11.9 Å². The highest BCUT2D eigenvalue weighted by Gasteiger charge is 2.15. The molecular weight excluding hydrogens is 203 g/mol. The average Bonchev–Trinajstić information content (AvgIpc) is 2.18. The van der Waals surface area contributed by atoms with E-state index < -0.39 is 10.8 Å². The van der Waals surface area contributed by atoms with Gasteiger partial charge in [-0.3, -0.25) is 4.21 Å². The smallest absolute Gasteiger partial charge is 0.127 e. The third-order valence-electron chi connectivity index (χ3n) is 2.03. The molecule has 0 amide bonds. The van der Waals surface area contributed by atoms with Crippen LogP contribution in [0.15, 0.2) is 24.3 Å². The minimum absolute atomic E-state index is 0.134.